The number of amides is 1. The third-order valence-corrected chi connectivity index (χ3v) is 5.09. The largest absolute Gasteiger partial charge is 0.497 e. The lowest BCUT2D eigenvalue weighted by Crippen LogP contribution is -2.26. The van der Waals surface area contributed by atoms with Crippen molar-refractivity contribution in [2.45, 2.75) is 32.7 Å². The lowest BCUT2D eigenvalue weighted by molar-refractivity contribution is 0.0943. The molecule has 0 unspecified atom stereocenters. The van der Waals surface area contributed by atoms with Gasteiger partial charge >= 0.3 is 0 Å². The highest BCUT2D eigenvalue weighted by Crippen LogP contribution is 2.27. The van der Waals surface area contributed by atoms with Gasteiger partial charge in [-0.1, -0.05) is 63.2 Å². The number of nitrogens with zero attached hydrogens (tertiary/aromatic N) is 3. The fraction of sp³-hybridized carbons (Fsp3) is 0.240. The Hall–Kier alpha value is -3.67. The second-order valence-electron chi connectivity index (χ2n) is 8.48. The van der Waals surface area contributed by atoms with Crippen molar-refractivity contribution in [3.63, 3.8) is 0 Å². The van der Waals surface area contributed by atoms with E-state index in [0.29, 0.717) is 23.6 Å². The number of methoxy groups -OCH3 is 1. The zero-order chi connectivity index (χ0) is 22.0. The van der Waals surface area contributed by atoms with E-state index in [-0.39, 0.29) is 11.3 Å². The molecule has 4 rings (SSSR count). The van der Waals surface area contributed by atoms with Gasteiger partial charge in [-0.25, -0.2) is 9.50 Å². The van der Waals surface area contributed by atoms with Crippen LogP contribution in [0.15, 0.2) is 66.7 Å². The van der Waals surface area contributed by atoms with Gasteiger partial charge < -0.3 is 10.1 Å². The molecule has 2 heterocycles. The van der Waals surface area contributed by atoms with Crippen LogP contribution in [0, 0.1) is 0 Å². The van der Waals surface area contributed by atoms with Gasteiger partial charge in [0.15, 0.2) is 5.65 Å². The Morgan fingerprint density at radius 2 is 1.81 bits per heavy atom. The SMILES string of the molecule is COc1cccc(-c2cc(C(=O)NCc3ccccc3)n3nc(C(C)(C)C)cc3n2)c1. The fourth-order valence-electron chi connectivity index (χ4n) is 3.30. The van der Waals surface area contributed by atoms with Crippen LogP contribution in [-0.4, -0.2) is 27.6 Å². The molecule has 0 spiro atoms. The van der Waals surface area contributed by atoms with Crippen molar-refractivity contribution in [3.8, 4) is 17.0 Å². The highest BCUT2D eigenvalue weighted by Gasteiger charge is 2.22. The molecule has 0 radical (unpaired) electrons. The van der Waals surface area contributed by atoms with Gasteiger partial charge in [-0.05, 0) is 23.8 Å². The molecule has 1 amide bonds. The molecule has 2 aromatic carbocycles. The van der Waals surface area contributed by atoms with E-state index in [1.165, 1.54) is 0 Å². The van der Waals surface area contributed by atoms with Crippen LogP contribution in [-0.2, 0) is 12.0 Å². The molecule has 4 aromatic rings. The molecule has 0 aliphatic carbocycles. The van der Waals surface area contributed by atoms with Crippen molar-refractivity contribution >= 4 is 11.6 Å². The van der Waals surface area contributed by atoms with E-state index in [9.17, 15) is 4.79 Å². The Labute approximate surface area is 181 Å². The summed E-state index contributed by atoms with van der Waals surface area (Å²) >= 11 is 0. The summed E-state index contributed by atoms with van der Waals surface area (Å²) in [5, 5.41) is 7.70. The maximum absolute atomic E-state index is 13.2. The molecule has 0 aliphatic heterocycles. The van der Waals surface area contributed by atoms with Gasteiger partial charge in [0, 0.05) is 23.6 Å². The van der Waals surface area contributed by atoms with Crippen molar-refractivity contribution < 1.29 is 9.53 Å². The minimum Gasteiger partial charge on any atom is -0.497 e. The molecular weight excluding hydrogens is 388 g/mol. The smallest absolute Gasteiger partial charge is 0.270 e. The first-order valence-corrected chi connectivity index (χ1v) is 10.2. The van der Waals surface area contributed by atoms with Crippen molar-refractivity contribution in [2.24, 2.45) is 0 Å². The van der Waals surface area contributed by atoms with Crippen molar-refractivity contribution in [3.05, 3.63) is 83.7 Å². The van der Waals surface area contributed by atoms with Crippen LogP contribution in [0.25, 0.3) is 16.9 Å². The van der Waals surface area contributed by atoms with E-state index < -0.39 is 0 Å². The molecule has 6 nitrogen and oxygen atoms in total. The maximum Gasteiger partial charge on any atom is 0.270 e. The Bertz CT molecular complexity index is 1220. The summed E-state index contributed by atoms with van der Waals surface area (Å²) in [5.74, 6) is 0.530. The second kappa shape index (κ2) is 8.22. The quantitative estimate of drug-likeness (QED) is 0.517. The zero-order valence-electron chi connectivity index (χ0n) is 18.2. The zero-order valence-corrected chi connectivity index (χ0v) is 18.2. The molecule has 0 saturated carbocycles. The van der Waals surface area contributed by atoms with Gasteiger partial charge in [0.1, 0.15) is 11.4 Å². The number of benzene rings is 2. The molecule has 0 aliphatic rings. The predicted octanol–water partition coefficient (Wildman–Crippen LogP) is 4.63. The van der Waals surface area contributed by atoms with Crippen LogP contribution in [0.2, 0.25) is 0 Å². The number of carbonyl (C=O) groups is 1. The summed E-state index contributed by atoms with van der Waals surface area (Å²) in [6.07, 6.45) is 0. The third kappa shape index (κ3) is 4.43. The first-order chi connectivity index (χ1) is 14.8. The van der Waals surface area contributed by atoms with Crippen molar-refractivity contribution in [1.82, 2.24) is 19.9 Å². The summed E-state index contributed by atoms with van der Waals surface area (Å²) in [4.78, 5) is 18.0. The molecule has 6 heteroatoms. The van der Waals surface area contributed by atoms with E-state index >= 15 is 0 Å². The molecule has 31 heavy (non-hydrogen) atoms. The maximum atomic E-state index is 13.2. The fourth-order valence-corrected chi connectivity index (χ4v) is 3.30. The molecule has 158 valence electrons. The molecule has 0 atom stereocenters. The van der Waals surface area contributed by atoms with Gasteiger partial charge in [-0.3, -0.25) is 4.79 Å². The van der Waals surface area contributed by atoms with E-state index in [4.69, 9.17) is 14.8 Å². The standard InChI is InChI=1S/C25H26N4O2/c1-25(2,3)22-15-23-27-20(18-11-8-12-19(13-18)31-4)14-21(29(23)28-22)24(30)26-16-17-9-6-5-7-10-17/h5-15H,16H2,1-4H3,(H,26,30). The second-order valence-corrected chi connectivity index (χ2v) is 8.48. The van der Waals surface area contributed by atoms with Crippen LogP contribution >= 0.6 is 0 Å². The molecule has 0 fully saturated rings. The number of fused-ring (bicyclic) bond motifs is 1. The molecule has 0 bridgehead atoms. The average molecular weight is 415 g/mol. The van der Waals surface area contributed by atoms with Gasteiger partial charge in [-0.15, -0.1) is 0 Å². The number of hydrogen-bond donors (Lipinski definition) is 1. The van der Waals surface area contributed by atoms with E-state index in [1.54, 1.807) is 17.7 Å². The summed E-state index contributed by atoms with van der Waals surface area (Å²) in [7, 11) is 1.63. The Morgan fingerprint density at radius 1 is 1.03 bits per heavy atom. The number of ether oxygens (including phenoxy) is 1. The van der Waals surface area contributed by atoms with Gasteiger partial charge in [0.2, 0.25) is 0 Å². The van der Waals surface area contributed by atoms with Crippen LogP contribution in [0.5, 0.6) is 5.75 Å². The van der Waals surface area contributed by atoms with Crippen LogP contribution in [0.4, 0.5) is 0 Å². The van der Waals surface area contributed by atoms with E-state index in [1.807, 2.05) is 60.7 Å². The first-order valence-electron chi connectivity index (χ1n) is 10.2. The van der Waals surface area contributed by atoms with Crippen molar-refractivity contribution in [1.29, 1.82) is 0 Å². The van der Waals surface area contributed by atoms with Gasteiger partial charge in [0.05, 0.1) is 18.5 Å². The minimum absolute atomic E-state index is 0.165. The summed E-state index contributed by atoms with van der Waals surface area (Å²) in [5.41, 5.74) is 4.38. The number of hydrogen-bond acceptors (Lipinski definition) is 4. The molecule has 1 N–H and O–H groups in total. The minimum atomic E-state index is -0.205. The normalized spacial score (nSPS) is 11.5. The van der Waals surface area contributed by atoms with Crippen LogP contribution < -0.4 is 10.1 Å². The van der Waals surface area contributed by atoms with Crippen LogP contribution in [0.1, 0.15) is 42.5 Å². The summed E-state index contributed by atoms with van der Waals surface area (Å²) < 4.78 is 6.98. The van der Waals surface area contributed by atoms with E-state index in [0.717, 1.165) is 22.6 Å². The van der Waals surface area contributed by atoms with E-state index in [2.05, 4.69) is 26.1 Å². The topological polar surface area (TPSA) is 68.5 Å². The average Bonchev–Trinajstić information content (AvgIpc) is 3.22. The summed E-state index contributed by atoms with van der Waals surface area (Å²) in [6, 6.07) is 21.2. The Morgan fingerprint density at radius 3 is 2.52 bits per heavy atom. The van der Waals surface area contributed by atoms with Gasteiger partial charge in [-0.2, -0.15) is 5.10 Å². The molecule has 0 saturated heterocycles. The summed E-state index contributed by atoms with van der Waals surface area (Å²) in [6.45, 7) is 6.71. The highest BCUT2D eigenvalue weighted by atomic mass is 16.5. The third-order valence-electron chi connectivity index (χ3n) is 5.09. The first kappa shape index (κ1) is 20.6. The highest BCUT2D eigenvalue weighted by molar-refractivity contribution is 5.94. The molecular formula is C25H26N4O2. The monoisotopic (exact) mass is 414 g/mol. The number of carbonyl (C=O) groups excluding carboxylic acids is 1. The number of nitrogens with one attached hydrogen (secondary N) is 1. The number of rotatable bonds is 5. The van der Waals surface area contributed by atoms with Gasteiger partial charge in [0.25, 0.3) is 5.91 Å². The Kier molecular flexibility index (Phi) is 5.46. The lowest BCUT2D eigenvalue weighted by Gasteiger charge is -2.13. The number of aromatic nitrogens is 3. The van der Waals surface area contributed by atoms with Crippen molar-refractivity contribution in [2.75, 3.05) is 7.11 Å². The lowest BCUT2D eigenvalue weighted by atomic mass is 9.93. The van der Waals surface area contributed by atoms with Crippen LogP contribution in [0.3, 0.4) is 0 Å². The molecule has 2 aromatic heterocycles. The predicted molar refractivity (Wildman–Crippen MR) is 121 cm³/mol. The Balaban J connectivity index is 1.78.